The molecule has 0 unspecified atom stereocenters. The first-order valence-electron chi connectivity index (χ1n) is 18.3. The molecule has 5 N–H and O–H groups in total. The molecule has 0 aromatic heterocycles. The van der Waals surface area contributed by atoms with Crippen LogP contribution < -0.4 is 21.7 Å². The van der Waals surface area contributed by atoms with E-state index in [-0.39, 0.29) is 32.3 Å². The van der Waals surface area contributed by atoms with Crippen LogP contribution in [0.15, 0.2) is 29.4 Å². The third kappa shape index (κ3) is 30.9. The first-order chi connectivity index (χ1) is 26.5. The maximum atomic E-state index is 12.8. The van der Waals surface area contributed by atoms with Gasteiger partial charge in [-0.2, -0.15) is 0 Å². The van der Waals surface area contributed by atoms with E-state index >= 15 is 0 Å². The van der Waals surface area contributed by atoms with E-state index in [9.17, 15) is 14.4 Å². The average Bonchev–Trinajstić information content (AvgIpc) is 3.16. The van der Waals surface area contributed by atoms with Crippen LogP contribution in [0.25, 0.3) is 10.4 Å². The number of nitrogens with one attached hydrogen (secondary N) is 3. The quantitative estimate of drug-likeness (QED) is 0.0319. The minimum Gasteiger partial charge on any atom is -0.379 e. The molecule has 0 spiro atoms. The number of aryl methyl sites for hydroxylation is 1. The zero-order chi connectivity index (χ0) is 39.2. The van der Waals surface area contributed by atoms with Crippen LogP contribution in [0.2, 0.25) is 0 Å². The average molecular weight is 772 g/mol. The molecule has 19 heteroatoms. The van der Waals surface area contributed by atoms with Crippen molar-refractivity contribution >= 4 is 23.4 Å². The minimum atomic E-state index is -0.758. The van der Waals surface area contributed by atoms with E-state index < -0.39 is 17.9 Å². The predicted molar refractivity (Wildman–Crippen MR) is 199 cm³/mol. The lowest BCUT2D eigenvalue weighted by atomic mass is 10.1. The molecule has 19 nitrogen and oxygen atoms in total. The molecule has 0 heterocycles. The van der Waals surface area contributed by atoms with Crippen molar-refractivity contribution in [2.45, 2.75) is 32.2 Å². The number of unbranched alkanes of at least 4 members (excludes halogenated alkanes) is 1. The molecule has 0 aliphatic rings. The van der Waals surface area contributed by atoms with Crippen LogP contribution in [0.4, 0.5) is 5.69 Å². The van der Waals surface area contributed by atoms with Crippen molar-refractivity contribution in [3.63, 3.8) is 0 Å². The normalized spacial score (nSPS) is 11.5. The number of hydrogen-bond acceptors (Lipinski definition) is 14. The molecule has 0 radical (unpaired) electrons. The lowest BCUT2D eigenvalue weighted by Crippen LogP contribution is -2.45. The van der Waals surface area contributed by atoms with Gasteiger partial charge in [-0.3, -0.25) is 14.4 Å². The van der Waals surface area contributed by atoms with Gasteiger partial charge in [0.05, 0.1) is 106 Å². The zero-order valence-corrected chi connectivity index (χ0v) is 31.7. The molecule has 0 bridgehead atoms. The van der Waals surface area contributed by atoms with Gasteiger partial charge in [-0.25, -0.2) is 0 Å². The van der Waals surface area contributed by atoms with Crippen molar-refractivity contribution in [2.75, 3.05) is 144 Å². The molecule has 1 aromatic rings. The lowest BCUT2D eigenvalue weighted by molar-refractivity contribution is -0.133. The summed E-state index contributed by atoms with van der Waals surface area (Å²) < 4.78 is 48.5. The number of nitrogens with two attached hydrogens (primary N) is 1. The van der Waals surface area contributed by atoms with Crippen LogP contribution in [0, 0.1) is 6.92 Å². The Labute approximate surface area is 318 Å². The molecular formula is C35H61N7O12. The second-order valence-electron chi connectivity index (χ2n) is 11.5. The van der Waals surface area contributed by atoms with E-state index in [1.807, 2.05) is 19.1 Å². The van der Waals surface area contributed by atoms with Gasteiger partial charge in [0.15, 0.2) is 0 Å². The van der Waals surface area contributed by atoms with Gasteiger partial charge in [-0.1, -0.05) is 22.8 Å². The van der Waals surface area contributed by atoms with E-state index in [1.54, 1.807) is 12.1 Å². The Bertz CT molecular complexity index is 1130. The summed E-state index contributed by atoms with van der Waals surface area (Å²) in [5.74, 6) is -1.22. The highest BCUT2D eigenvalue weighted by molar-refractivity contribution is 5.97. The summed E-state index contributed by atoms with van der Waals surface area (Å²) in [6.07, 6.45) is 1.82. The molecule has 1 atom stereocenters. The Morgan fingerprint density at radius 3 is 1.61 bits per heavy atom. The van der Waals surface area contributed by atoms with Gasteiger partial charge >= 0.3 is 0 Å². The van der Waals surface area contributed by atoms with Crippen molar-refractivity contribution in [1.29, 1.82) is 0 Å². The summed E-state index contributed by atoms with van der Waals surface area (Å²) in [7, 11) is 0. The van der Waals surface area contributed by atoms with Crippen molar-refractivity contribution in [1.82, 2.24) is 10.6 Å². The minimum absolute atomic E-state index is 0.273. The number of amides is 3. The van der Waals surface area contributed by atoms with Crippen molar-refractivity contribution in [2.24, 2.45) is 10.8 Å². The first-order valence-corrected chi connectivity index (χ1v) is 18.3. The molecule has 0 saturated heterocycles. The standard InChI is InChI=1S/C35H61N7O12/c1-30-5-7-31(8-6-30)40-35(45)32(4-2-3-9-36)41-34(44)29-54-28-33(43)38-10-12-46-14-16-48-18-20-50-22-24-52-26-27-53-25-23-51-21-19-49-17-15-47-13-11-39-42-37/h5-8,32H,2-4,9-29,36H2,1H3,(H,38,43)(H,40,45)(H,41,44)/t32-/m0/s1. The van der Waals surface area contributed by atoms with Crippen LogP contribution in [0.3, 0.4) is 0 Å². The SMILES string of the molecule is Cc1ccc(NC(=O)[C@H](CCCCN)NC(=O)COCC(=O)NCCOCCOCCOCCOCCOCCOCCOCCOCCN=[N+]=[N-])cc1. The summed E-state index contributed by atoms with van der Waals surface area (Å²) in [6, 6.07) is 6.61. The lowest BCUT2D eigenvalue weighted by Gasteiger charge is -2.18. The summed E-state index contributed by atoms with van der Waals surface area (Å²) >= 11 is 0. The van der Waals surface area contributed by atoms with E-state index in [0.29, 0.717) is 131 Å². The Hall–Kier alpha value is -3.46. The smallest absolute Gasteiger partial charge is 0.246 e. The fourth-order valence-electron chi connectivity index (χ4n) is 4.21. The molecule has 0 aliphatic heterocycles. The largest absolute Gasteiger partial charge is 0.379 e. The van der Waals surface area contributed by atoms with Gasteiger partial charge in [0.1, 0.15) is 19.3 Å². The van der Waals surface area contributed by atoms with Crippen LogP contribution in [-0.2, 0) is 57.0 Å². The molecule has 0 aliphatic carbocycles. The molecule has 3 amide bonds. The molecule has 1 aromatic carbocycles. The fraction of sp³-hybridized carbons (Fsp3) is 0.743. The molecule has 0 saturated carbocycles. The Balaban J connectivity index is 1.88. The van der Waals surface area contributed by atoms with Crippen LogP contribution in [0.1, 0.15) is 24.8 Å². The van der Waals surface area contributed by atoms with Gasteiger partial charge < -0.3 is 64.3 Å². The van der Waals surface area contributed by atoms with E-state index in [0.717, 1.165) is 12.0 Å². The number of carbonyl (C=O) groups excluding carboxylic acids is 3. The van der Waals surface area contributed by atoms with E-state index in [2.05, 4.69) is 26.0 Å². The molecular weight excluding hydrogens is 710 g/mol. The zero-order valence-electron chi connectivity index (χ0n) is 31.7. The van der Waals surface area contributed by atoms with Crippen LogP contribution in [-0.4, -0.2) is 162 Å². The number of azide groups is 1. The number of ether oxygens (including phenoxy) is 9. The van der Waals surface area contributed by atoms with Crippen molar-refractivity contribution in [3.05, 3.63) is 40.3 Å². The van der Waals surface area contributed by atoms with Gasteiger partial charge in [-0.05, 0) is 50.4 Å². The number of benzene rings is 1. The number of nitrogens with zero attached hydrogens (tertiary/aromatic N) is 3. The highest BCUT2D eigenvalue weighted by atomic mass is 16.6. The molecule has 308 valence electrons. The third-order valence-corrected chi connectivity index (χ3v) is 6.96. The summed E-state index contributed by atoms with van der Waals surface area (Å²) in [4.78, 5) is 39.9. The predicted octanol–water partition coefficient (Wildman–Crippen LogP) is 1.12. The second kappa shape index (κ2) is 36.5. The van der Waals surface area contributed by atoms with E-state index in [4.69, 9.17) is 53.9 Å². The van der Waals surface area contributed by atoms with Gasteiger partial charge in [0.2, 0.25) is 17.7 Å². The van der Waals surface area contributed by atoms with Gasteiger partial charge in [0.25, 0.3) is 0 Å². The molecule has 1 rings (SSSR count). The third-order valence-electron chi connectivity index (χ3n) is 6.96. The first kappa shape index (κ1) is 48.6. The van der Waals surface area contributed by atoms with E-state index in [1.165, 1.54) is 0 Å². The highest BCUT2D eigenvalue weighted by Gasteiger charge is 2.21. The highest BCUT2D eigenvalue weighted by Crippen LogP contribution is 2.11. The Morgan fingerprint density at radius 1 is 0.667 bits per heavy atom. The van der Waals surface area contributed by atoms with Gasteiger partial charge in [0, 0.05) is 23.7 Å². The Morgan fingerprint density at radius 2 is 1.13 bits per heavy atom. The number of anilines is 1. The second-order valence-corrected chi connectivity index (χ2v) is 11.5. The van der Waals surface area contributed by atoms with Crippen molar-refractivity contribution < 1.29 is 57.0 Å². The van der Waals surface area contributed by atoms with Crippen LogP contribution in [0.5, 0.6) is 0 Å². The topological polar surface area (TPSA) is 245 Å². The summed E-state index contributed by atoms with van der Waals surface area (Å²) in [5.41, 5.74) is 15.4. The Kier molecular flexibility index (Phi) is 32.8. The summed E-state index contributed by atoms with van der Waals surface area (Å²) in [5, 5.41) is 11.5. The van der Waals surface area contributed by atoms with Crippen molar-refractivity contribution in [3.8, 4) is 0 Å². The summed E-state index contributed by atoms with van der Waals surface area (Å²) in [6.45, 7) is 9.16. The van der Waals surface area contributed by atoms with Crippen LogP contribution >= 0.6 is 0 Å². The number of carbonyl (C=O) groups is 3. The fourth-order valence-corrected chi connectivity index (χ4v) is 4.21. The maximum absolute atomic E-state index is 12.8. The number of rotatable bonds is 38. The van der Waals surface area contributed by atoms with Gasteiger partial charge in [-0.15, -0.1) is 0 Å². The maximum Gasteiger partial charge on any atom is 0.246 e. The molecule has 54 heavy (non-hydrogen) atoms. The monoisotopic (exact) mass is 771 g/mol. The number of hydrogen-bond donors (Lipinski definition) is 4. The molecule has 0 fully saturated rings.